The van der Waals surface area contributed by atoms with Crippen LogP contribution in [0.15, 0.2) is 30.3 Å². The minimum absolute atomic E-state index is 0.0333. The summed E-state index contributed by atoms with van der Waals surface area (Å²) in [5, 5.41) is 3.36. The van der Waals surface area contributed by atoms with E-state index >= 15 is 0 Å². The van der Waals surface area contributed by atoms with Gasteiger partial charge in [-0.1, -0.05) is 37.5 Å². The van der Waals surface area contributed by atoms with Gasteiger partial charge in [-0.25, -0.2) is 4.79 Å². The first-order valence-electron chi connectivity index (χ1n) is 9.30. The number of urea groups is 1. The van der Waals surface area contributed by atoms with Crippen LogP contribution < -0.4 is 15.5 Å². The number of nitrogens with zero attached hydrogens (tertiary/aromatic N) is 1. The largest absolute Gasteiger partial charge is 0.493 e. The maximum atomic E-state index is 12.5. The number of benzene rings is 1. The van der Waals surface area contributed by atoms with Crippen LogP contribution in [-0.2, 0) is 19.1 Å². The third kappa shape index (κ3) is 4.59. The summed E-state index contributed by atoms with van der Waals surface area (Å²) in [4.78, 5) is 48.3. The molecule has 0 bridgehead atoms. The van der Waals surface area contributed by atoms with Gasteiger partial charge in [0.25, 0.3) is 11.8 Å². The van der Waals surface area contributed by atoms with Crippen LogP contribution in [0.2, 0.25) is 0 Å². The number of rotatable bonds is 7. The molecule has 1 aromatic carbocycles. The Morgan fingerprint density at radius 3 is 2.54 bits per heavy atom. The maximum absolute atomic E-state index is 12.5. The Morgan fingerprint density at radius 1 is 1.11 bits per heavy atom. The highest BCUT2D eigenvalue weighted by atomic mass is 16.5. The Kier molecular flexibility index (Phi) is 6.13. The lowest BCUT2D eigenvalue weighted by Gasteiger charge is -2.30. The zero-order chi connectivity index (χ0) is 20.0. The monoisotopic (exact) mass is 389 g/mol. The lowest BCUT2D eigenvalue weighted by atomic mass is 9.82. The Labute approximate surface area is 162 Å². The van der Waals surface area contributed by atoms with Crippen molar-refractivity contribution >= 4 is 23.8 Å². The van der Waals surface area contributed by atoms with Crippen LogP contribution in [0.5, 0.6) is 5.75 Å². The fourth-order valence-electron chi connectivity index (χ4n) is 3.36. The average molecular weight is 389 g/mol. The molecule has 9 heteroatoms. The molecule has 3 rings (SSSR count). The number of amides is 4. The molecule has 9 nitrogen and oxygen atoms in total. The van der Waals surface area contributed by atoms with E-state index in [9.17, 15) is 19.2 Å². The van der Waals surface area contributed by atoms with E-state index in [1.807, 2.05) is 18.2 Å². The Bertz CT molecular complexity index is 745. The molecule has 0 aromatic heterocycles. The van der Waals surface area contributed by atoms with Crippen LogP contribution in [0.4, 0.5) is 4.79 Å². The van der Waals surface area contributed by atoms with Gasteiger partial charge in [-0.15, -0.1) is 0 Å². The number of carbonyl (C=O) groups excluding carboxylic acids is 4. The van der Waals surface area contributed by atoms with Crippen LogP contribution in [-0.4, -0.2) is 47.6 Å². The molecule has 28 heavy (non-hydrogen) atoms. The van der Waals surface area contributed by atoms with Gasteiger partial charge >= 0.3 is 12.0 Å². The molecule has 2 aliphatic rings. The van der Waals surface area contributed by atoms with Crippen molar-refractivity contribution in [3.05, 3.63) is 30.3 Å². The van der Waals surface area contributed by atoms with Gasteiger partial charge in [-0.3, -0.25) is 19.8 Å². The number of hydrogen-bond acceptors (Lipinski definition) is 6. The SMILES string of the molecule is O=C(COC(=O)CCOc1ccccc1)NN1C(=O)NC2(CCCCC2)C1=O. The number of carbonyl (C=O) groups is 4. The first kappa shape index (κ1) is 19.7. The first-order valence-corrected chi connectivity index (χ1v) is 9.30. The third-order valence-electron chi connectivity index (χ3n) is 4.79. The van der Waals surface area contributed by atoms with Crippen molar-refractivity contribution in [1.82, 2.24) is 15.8 Å². The zero-order valence-corrected chi connectivity index (χ0v) is 15.4. The zero-order valence-electron chi connectivity index (χ0n) is 15.4. The van der Waals surface area contributed by atoms with Crippen LogP contribution >= 0.6 is 0 Å². The van der Waals surface area contributed by atoms with Crippen molar-refractivity contribution in [3.8, 4) is 5.75 Å². The van der Waals surface area contributed by atoms with E-state index in [1.54, 1.807) is 12.1 Å². The topological polar surface area (TPSA) is 114 Å². The molecular formula is C19H23N3O6. The van der Waals surface area contributed by atoms with Crippen LogP contribution in [0.1, 0.15) is 38.5 Å². The normalized spacial score (nSPS) is 17.9. The summed E-state index contributed by atoms with van der Waals surface area (Å²) in [5.74, 6) is -1.21. The van der Waals surface area contributed by atoms with Gasteiger partial charge in [0.2, 0.25) is 0 Å². The fraction of sp³-hybridized carbons (Fsp3) is 0.474. The molecule has 1 spiro atoms. The van der Waals surface area contributed by atoms with Crippen LogP contribution in [0.3, 0.4) is 0 Å². The molecule has 1 heterocycles. The first-order chi connectivity index (χ1) is 13.5. The van der Waals surface area contributed by atoms with Crippen molar-refractivity contribution in [3.63, 3.8) is 0 Å². The standard InChI is InChI=1S/C19H23N3O6/c23-15(13-28-16(24)9-12-27-14-7-3-1-4-8-14)21-22-17(25)19(20-18(22)26)10-5-2-6-11-19/h1,3-4,7-8H,2,5-6,9-13H2,(H,20,26)(H,21,23). The highest BCUT2D eigenvalue weighted by Crippen LogP contribution is 2.32. The van der Waals surface area contributed by atoms with Gasteiger partial charge < -0.3 is 14.8 Å². The second kappa shape index (κ2) is 8.73. The van der Waals surface area contributed by atoms with E-state index in [0.29, 0.717) is 23.6 Å². The predicted molar refractivity (Wildman–Crippen MR) is 96.8 cm³/mol. The molecule has 2 N–H and O–H groups in total. The molecular weight excluding hydrogens is 366 g/mol. The highest BCUT2D eigenvalue weighted by molar-refractivity contribution is 6.08. The van der Waals surface area contributed by atoms with E-state index in [0.717, 1.165) is 19.3 Å². The molecule has 2 fully saturated rings. The minimum Gasteiger partial charge on any atom is -0.493 e. The number of ether oxygens (including phenoxy) is 2. The van der Waals surface area contributed by atoms with E-state index in [2.05, 4.69) is 10.7 Å². The summed E-state index contributed by atoms with van der Waals surface area (Å²) in [5.41, 5.74) is 1.29. The molecule has 150 valence electrons. The van der Waals surface area contributed by atoms with Crippen molar-refractivity contribution in [1.29, 1.82) is 0 Å². The quantitative estimate of drug-likeness (QED) is 0.536. The van der Waals surface area contributed by atoms with E-state index in [-0.39, 0.29) is 13.0 Å². The van der Waals surface area contributed by atoms with Crippen molar-refractivity contribution in [2.45, 2.75) is 44.1 Å². The second-order valence-corrected chi connectivity index (χ2v) is 6.82. The molecule has 1 aromatic rings. The number of hydrogen-bond donors (Lipinski definition) is 2. The number of nitrogens with one attached hydrogen (secondary N) is 2. The molecule has 0 radical (unpaired) electrons. The van der Waals surface area contributed by atoms with E-state index < -0.39 is 36.0 Å². The van der Waals surface area contributed by atoms with Gasteiger partial charge in [0, 0.05) is 0 Å². The second-order valence-electron chi connectivity index (χ2n) is 6.82. The van der Waals surface area contributed by atoms with E-state index in [4.69, 9.17) is 9.47 Å². The highest BCUT2D eigenvalue weighted by Gasteiger charge is 2.52. The molecule has 0 atom stereocenters. The van der Waals surface area contributed by atoms with Gasteiger partial charge in [0.05, 0.1) is 13.0 Å². The lowest BCUT2D eigenvalue weighted by Crippen LogP contribution is -2.51. The van der Waals surface area contributed by atoms with Gasteiger partial charge in [0.1, 0.15) is 11.3 Å². The Morgan fingerprint density at radius 2 is 1.82 bits per heavy atom. The minimum atomic E-state index is -0.923. The van der Waals surface area contributed by atoms with Crippen molar-refractivity contribution in [2.75, 3.05) is 13.2 Å². The smallest absolute Gasteiger partial charge is 0.344 e. The molecule has 1 saturated carbocycles. The van der Waals surface area contributed by atoms with Crippen molar-refractivity contribution in [2.24, 2.45) is 0 Å². The molecule has 1 aliphatic carbocycles. The summed E-state index contributed by atoms with van der Waals surface area (Å²) in [6.07, 6.45) is 3.78. The number of esters is 1. The summed E-state index contributed by atoms with van der Waals surface area (Å²) < 4.78 is 10.2. The summed E-state index contributed by atoms with van der Waals surface area (Å²) in [6, 6.07) is 8.33. The Hall–Kier alpha value is -3.10. The maximum Gasteiger partial charge on any atom is 0.344 e. The summed E-state index contributed by atoms with van der Waals surface area (Å²) >= 11 is 0. The van der Waals surface area contributed by atoms with Crippen molar-refractivity contribution < 1.29 is 28.7 Å². The summed E-state index contributed by atoms with van der Waals surface area (Å²) in [7, 11) is 0. The number of imide groups is 1. The molecule has 1 aliphatic heterocycles. The molecule has 0 unspecified atom stereocenters. The number of hydrazine groups is 1. The van der Waals surface area contributed by atoms with E-state index in [1.165, 1.54) is 0 Å². The predicted octanol–water partition coefficient (Wildman–Crippen LogP) is 1.28. The van der Waals surface area contributed by atoms with Crippen LogP contribution in [0, 0.1) is 0 Å². The fourth-order valence-corrected chi connectivity index (χ4v) is 3.36. The van der Waals surface area contributed by atoms with Gasteiger partial charge in [0.15, 0.2) is 6.61 Å². The average Bonchev–Trinajstić information content (AvgIpc) is 2.92. The van der Waals surface area contributed by atoms with Gasteiger partial charge in [-0.05, 0) is 25.0 Å². The Balaban J connectivity index is 1.39. The molecule has 1 saturated heterocycles. The van der Waals surface area contributed by atoms with Crippen LogP contribution in [0.25, 0.3) is 0 Å². The van der Waals surface area contributed by atoms with Gasteiger partial charge in [-0.2, -0.15) is 5.01 Å². The summed E-state index contributed by atoms with van der Waals surface area (Å²) in [6.45, 7) is -0.478. The third-order valence-corrected chi connectivity index (χ3v) is 4.79. The number of para-hydroxylation sites is 1. The lowest BCUT2D eigenvalue weighted by molar-refractivity contribution is -0.151. The molecule has 4 amide bonds.